The Morgan fingerprint density at radius 1 is 1.27 bits per heavy atom. The van der Waals surface area contributed by atoms with Crippen LogP contribution in [-0.2, 0) is 0 Å². The van der Waals surface area contributed by atoms with E-state index in [0.717, 1.165) is 26.2 Å². The summed E-state index contributed by atoms with van der Waals surface area (Å²) < 4.78 is 0. The van der Waals surface area contributed by atoms with Gasteiger partial charge in [0.1, 0.15) is 0 Å². The van der Waals surface area contributed by atoms with Crippen molar-refractivity contribution in [1.82, 2.24) is 10.2 Å². The van der Waals surface area contributed by atoms with Crippen LogP contribution in [0.2, 0.25) is 0 Å². The van der Waals surface area contributed by atoms with E-state index in [4.69, 9.17) is 0 Å². The molecule has 0 spiro atoms. The van der Waals surface area contributed by atoms with Crippen molar-refractivity contribution in [1.29, 1.82) is 0 Å². The van der Waals surface area contributed by atoms with E-state index in [0.29, 0.717) is 5.41 Å². The highest BCUT2D eigenvalue weighted by atomic mass is 15.1. The second-order valence-corrected chi connectivity index (χ2v) is 4.47. The Kier molecular flexibility index (Phi) is 7.35. The molecule has 0 heterocycles. The van der Waals surface area contributed by atoms with Gasteiger partial charge in [0.15, 0.2) is 0 Å². The summed E-state index contributed by atoms with van der Waals surface area (Å²) in [5.74, 6) is 0. The normalized spacial score (nSPS) is 14.9. The van der Waals surface area contributed by atoms with Crippen LogP contribution < -0.4 is 5.32 Å². The van der Waals surface area contributed by atoms with Gasteiger partial charge in [0.05, 0.1) is 0 Å². The zero-order chi connectivity index (χ0) is 11.7. The van der Waals surface area contributed by atoms with Crippen LogP contribution in [0.3, 0.4) is 0 Å². The van der Waals surface area contributed by atoms with Gasteiger partial charge in [0.25, 0.3) is 0 Å². The van der Waals surface area contributed by atoms with Crippen LogP contribution in [0.1, 0.15) is 20.3 Å². The summed E-state index contributed by atoms with van der Waals surface area (Å²) >= 11 is 0. The van der Waals surface area contributed by atoms with Crippen LogP contribution in [0.15, 0.2) is 25.3 Å². The lowest BCUT2D eigenvalue weighted by Crippen LogP contribution is -2.41. The monoisotopic (exact) mass is 210 g/mol. The van der Waals surface area contributed by atoms with E-state index in [1.165, 1.54) is 6.42 Å². The maximum Gasteiger partial charge on any atom is 0.0164 e. The van der Waals surface area contributed by atoms with Gasteiger partial charge in [-0.3, -0.25) is 4.90 Å². The smallest absolute Gasteiger partial charge is 0.0164 e. The second kappa shape index (κ2) is 7.66. The molecule has 0 amide bonds. The van der Waals surface area contributed by atoms with Crippen LogP contribution in [0.5, 0.6) is 0 Å². The molecular weight excluding hydrogens is 184 g/mol. The first-order chi connectivity index (χ1) is 7.11. The summed E-state index contributed by atoms with van der Waals surface area (Å²) in [6, 6.07) is 0. The molecule has 0 saturated carbocycles. The van der Waals surface area contributed by atoms with Crippen LogP contribution in [-0.4, -0.2) is 38.1 Å². The van der Waals surface area contributed by atoms with Gasteiger partial charge in [0.2, 0.25) is 0 Å². The van der Waals surface area contributed by atoms with E-state index in [1.807, 2.05) is 19.2 Å². The van der Waals surface area contributed by atoms with Gasteiger partial charge >= 0.3 is 0 Å². The first-order valence-electron chi connectivity index (χ1n) is 5.70. The zero-order valence-electron chi connectivity index (χ0n) is 10.6. The topological polar surface area (TPSA) is 15.3 Å². The summed E-state index contributed by atoms with van der Waals surface area (Å²) in [4.78, 5) is 2.38. The largest absolute Gasteiger partial charge is 0.319 e. The molecule has 0 aliphatic carbocycles. The van der Waals surface area contributed by atoms with Crippen molar-refractivity contribution in [2.75, 3.05) is 33.2 Å². The van der Waals surface area contributed by atoms with Crippen LogP contribution in [0.25, 0.3) is 0 Å². The highest BCUT2D eigenvalue weighted by Crippen LogP contribution is 2.21. The lowest BCUT2D eigenvalue weighted by molar-refractivity contribution is 0.181. The number of hydrogen-bond donors (Lipinski definition) is 1. The fraction of sp³-hybridized carbons (Fsp3) is 0.692. The fourth-order valence-corrected chi connectivity index (χ4v) is 1.83. The highest BCUT2D eigenvalue weighted by molar-refractivity contribution is 4.85. The third-order valence-electron chi connectivity index (χ3n) is 2.84. The molecule has 2 heteroatoms. The quantitative estimate of drug-likeness (QED) is 0.587. The molecule has 0 rings (SSSR count). The van der Waals surface area contributed by atoms with Gasteiger partial charge in [-0.25, -0.2) is 0 Å². The Morgan fingerprint density at radius 2 is 1.80 bits per heavy atom. The van der Waals surface area contributed by atoms with Crippen molar-refractivity contribution in [2.45, 2.75) is 20.3 Å². The molecule has 0 radical (unpaired) electrons. The minimum atomic E-state index is 0.334. The summed E-state index contributed by atoms with van der Waals surface area (Å²) in [7, 11) is 2.01. The first kappa shape index (κ1) is 14.4. The van der Waals surface area contributed by atoms with E-state index in [2.05, 4.69) is 37.2 Å². The predicted molar refractivity (Wildman–Crippen MR) is 69.2 cm³/mol. The molecule has 88 valence electrons. The van der Waals surface area contributed by atoms with Crippen LogP contribution in [0, 0.1) is 5.41 Å². The molecule has 1 unspecified atom stereocenters. The van der Waals surface area contributed by atoms with Gasteiger partial charge in [-0.1, -0.05) is 26.0 Å². The molecular formula is C13H26N2. The van der Waals surface area contributed by atoms with Crippen LogP contribution >= 0.6 is 0 Å². The molecule has 0 aromatic heterocycles. The number of rotatable bonds is 9. The van der Waals surface area contributed by atoms with E-state index < -0.39 is 0 Å². The lowest BCUT2D eigenvalue weighted by Gasteiger charge is -2.34. The van der Waals surface area contributed by atoms with Crippen molar-refractivity contribution in [2.24, 2.45) is 5.41 Å². The third kappa shape index (κ3) is 5.75. The SMILES string of the molecule is C=CCN(CC=C)CC(C)(CC)CNC. The highest BCUT2D eigenvalue weighted by Gasteiger charge is 2.23. The maximum atomic E-state index is 3.79. The Morgan fingerprint density at radius 3 is 2.13 bits per heavy atom. The van der Waals surface area contributed by atoms with Gasteiger partial charge in [0, 0.05) is 26.2 Å². The molecule has 0 bridgehead atoms. The van der Waals surface area contributed by atoms with Crippen molar-refractivity contribution < 1.29 is 0 Å². The second-order valence-electron chi connectivity index (χ2n) is 4.47. The molecule has 0 saturated heterocycles. The Labute approximate surface area is 95.0 Å². The minimum absolute atomic E-state index is 0.334. The number of nitrogens with one attached hydrogen (secondary N) is 1. The first-order valence-corrected chi connectivity index (χ1v) is 5.70. The Bertz CT molecular complexity index is 179. The van der Waals surface area contributed by atoms with Crippen molar-refractivity contribution in [3.05, 3.63) is 25.3 Å². The molecule has 0 fully saturated rings. The third-order valence-corrected chi connectivity index (χ3v) is 2.84. The van der Waals surface area contributed by atoms with Crippen molar-refractivity contribution in [3.8, 4) is 0 Å². The lowest BCUT2D eigenvalue weighted by atomic mass is 9.86. The Balaban J connectivity index is 4.30. The van der Waals surface area contributed by atoms with Crippen molar-refractivity contribution >= 4 is 0 Å². The average molecular weight is 210 g/mol. The zero-order valence-corrected chi connectivity index (χ0v) is 10.6. The number of hydrogen-bond acceptors (Lipinski definition) is 2. The number of nitrogens with zero attached hydrogens (tertiary/aromatic N) is 1. The van der Waals surface area contributed by atoms with Gasteiger partial charge < -0.3 is 5.32 Å². The standard InChI is InChI=1S/C13H26N2/c1-6-9-15(10-7-2)12-13(4,8-3)11-14-5/h6-7,14H,1-2,8-12H2,3-5H3. The van der Waals surface area contributed by atoms with E-state index in [1.54, 1.807) is 0 Å². The molecule has 1 N–H and O–H groups in total. The predicted octanol–water partition coefficient (Wildman–Crippen LogP) is 2.30. The van der Waals surface area contributed by atoms with Gasteiger partial charge in [-0.15, -0.1) is 13.2 Å². The summed E-state index contributed by atoms with van der Waals surface area (Å²) in [5.41, 5.74) is 0.334. The van der Waals surface area contributed by atoms with E-state index in [9.17, 15) is 0 Å². The van der Waals surface area contributed by atoms with Gasteiger partial charge in [-0.2, -0.15) is 0 Å². The molecule has 0 aromatic rings. The minimum Gasteiger partial charge on any atom is -0.319 e. The summed E-state index contributed by atoms with van der Waals surface area (Å²) in [6.07, 6.45) is 5.09. The maximum absolute atomic E-state index is 3.79. The Hall–Kier alpha value is -0.600. The molecule has 0 aliphatic heterocycles. The molecule has 1 atom stereocenters. The van der Waals surface area contributed by atoms with E-state index in [-0.39, 0.29) is 0 Å². The molecule has 15 heavy (non-hydrogen) atoms. The molecule has 0 aliphatic rings. The fourth-order valence-electron chi connectivity index (χ4n) is 1.83. The van der Waals surface area contributed by atoms with Crippen molar-refractivity contribution in [3.63, 3.8) is 0 Å². The summed E-state index contributed by atoms with van der Waals surface area (Å²) in [6.45, 7) is 16.2. The average Bonchev–Trinajstić information content (AvgIpc) is 2.19. The molecule has 2 nitrogen and oxygen atoms in total. The van der Waals surface area contributed by atoms with Gasteiger partial charge in [-0.05, 0) is 18.9 Å². The van der Waals surface area contributed by atoms with E-state index >= 15 is 0 Å². The summed E-state index contributed by atoms with van der Waals surface area (Å²) in [5, 5.41) is 3.27. The molecule has 0 aromatic carbocycles. The van der Waals surface area contributed by atoms with Crippen LogP contribution in [0.4, 0.5) is 0 Å².